The Morgan fingerprint density at radius 1 is 1.12 bits per heavy atom. The molecule has 1 heterocycles. The van der Waals surface area contributed by atoms with Crippen molar-refractivity contribution >= 4 is 39.1 Å². The van der Waals surface area contributed by atoms with Gasteiger partial charge in [-0.3, -0.25) is 4.79 Å². The molecular formula is C11H7ClO3S2. The fourth-order valence-electron chi connectivity index (χ4n) is 1.34. The van der Waals surface area contributed by atoms with E-state index in [0.29, 0.717) is 11.3 Å². The summed E-state index contributed by atoms with van der Waals surface area (Å²) in [5.74, 6) is 0. The molecule has 0 radical (unpaired) electrons. The molecule has 0 spiro atoms. The van der Waals surface area contributed by atoms with Crippen LogP contribution in [0.3, 0.4) is 0 Å². The van der Waals surface area contributed by atoms with Gasteiger partial charge in [-0.05, 0) is 24.3 Å². The highest BCUT2D eigenvalue weighted by atomic mass is 35.5. The molecule has 0 unspecified atom stereocenters. The van der Waals surface area contributed by atoms with Gasteiger partial charge in [-0.1, -0.05) is 11.6 Å². The number of carbonyl (C=O) groups is 1. The van der Waals surface area contributed by atoms with Crippen LogP contribution in [0.2, 0.25) is 5.02 Å². The lowest BCUT2D eigenvalue weighted by Crippen LogP contribution is -2.02. The minimum Gasteiger partial charge on any atom is -0.298 e. The smallest absolute Gasteiger partial charge is 0.208 e. The lowest BCUT2D eigenvalue weighted by Gasteiger charge is -2.03. The van der Waals surface area contributed by atoms with Crippen LogP contribution in [0.25, 0.3) is 0 Å². The van der Waals surface area contributed by atoms with Crippen LogP contribution < -0.4 is 0 Å². The number of rotatable bonds is 3. The molecule has 0 N–H and O–H groups in total. The molecule has 0 fully saturated rings. The zero-order chi connectivity index (χ0) is 12.5. The highest BCUT2D eigenvalue weighted by Crippen LogP contribution is 2.26. The molecule has 0 atom stereocenters. The van der Waals surface area contributed by atoms with Crippen molar-refractivity contribution in [3.63, 3.8) is 0 Å². The van der Waals surface area contributed by atoms with Gasteiger partial charge in [0.1, 0.15) is 0 Å². The van der Waals surface area contributed by atoms with Crippen LogP contribution in [-0.2, 0) is 9.84 Å². The molecule has 0 saturated heterocycles. The van der Waals surface area contributed by atoms with E-state index in [1.165, 1.54) is 46.4 Å². The summed E-state index contributed by atoms with van der Waals surface area (Å²) in [4.78, 5) is 10.9. The summed E-state index contributed by atoms with van der Waals surface area (Å²) in [5, 5.41) is 3.42. The molecule has 0 aliphatic carbocycles. The van der Waals surface area contributed by atoms with Crippen molar-refractivity contribution in [2.75, 3.05) is 0 Å². The van der Waals surface area contributed by atoms with Gasteiger partial charge in [0.15, 0.2) is 6.29 Å². The molecule has 2 aromatic rings. The molecule has 6 heteroatoms. The largest absolute Gasteiger partial charge is 0.298 e. The van der Waals surface area contributed by atoms with E-state index in [9.17, 15) is 13.2 Å². The van der Waals surface area contributed by atoms with Gasteiger partial charge in [-0.25, -0.2) is 8.42 Å². The molecule has 1 aromatic carbocycles. The Balaban J connectivity index is 2.57. The first kappa shape index (κ1) is 12.3. The summed E-state index contributed by atoms with van der Waals surface area (Å²) in [5.41, 5.74) is 0.185. The van der Waals surface area contributed by atoms with Crippen LogP contribution in [0.1, 0.15) is 10.4 Å². The molecule has 88 valence electrons. The summed E-state index contributed by atoms with van der Waals surface area (Å²) in [6.45, 7) is 0. The fraction of sp³-hybridized carbons (Fsp3) is 0. The quantitative estimate of drug-likeness (QED) is 0.815. The first-order valence-corrected chi connectivity index (χ1v) is 7.38. The van der Waals surface area contributed by atoms with E-state index < -0.39 is 9.84 Å². The summed E-state index contributed by atoms with van der Waals surface area (Å²) in [7, 11) is -3.63. The average Bonchev–Trinajstić information content (AvgIpc) is 2.78. The third-order valence-electron chi connectivity index (χ3n) is 2.20. The summed E-state index contributed by atoms with van der Waals surface area (Å²) in [6, 6.07) is 5.84. The molecule has 17 heavy (non-hydrogen) atoms. The van der Waals surface area contributed by atoms with Crippen LogP contribution in [0.15, 0.2) is 44.8 Å². The van der Waals surface area contributed by atoms with Gasteiger partial charge in [-0.2, -0.15) is 11.3 Å². The highest BCUT2D eigenvalue weighted by molar-refractivity contribution is 7.91. The maximum absolute atomic E-state index is 12.2. The predicted molar refractivity (Wildman–Crippen MR) is 66.6 cm³/mol. The van der Waals surface area contributed by atoms with Gasteiger partial charge >= 0.3 is 0 Å². The van der Waals surface area contributed by atoms with Gasteiger partial charge < -0.3 is 0 Å². The SMILES string of the molecule is O=Cc1cscc1S(=O)(=O)c1ccc(Cl)cc1. The third kappa shape index (κ3) is 2.26. The number of thiophene rings is 1. The van der Waals surface area contributed by atoms with Gasteiger partial charge in [0, 0.05) is 21.3 Å². The lowest BCUT2D eigenvalue weighted by molar-refractivity contribution is 0.112. The topological polar surface area (TPSA) is 51.2 Å². The molecular weight excluding hydrogens is 280 g/mol. The van der Waals surface area contributed by atoms with Crippen LogP contribution in [-0.4, -0.2) is 14.7 Å². The number of carbonyl (C=O) groups excluding carboxylic acids is 1. The van der Waals surface area contributed by atoms with Crippen molar-refractivity contribution in [2.45, 2.75) is 9.79 Å². The number of hydrogen-bond donors (Lipinski definition) is 0. The lowest BCUT2D eigenvalue weighted by atomic mass is 10.4. The maximum Gasteiger partial charge on any atom is 0.208 e. The first-order valence-electron chi connectivity index (χ1n) is 4.58. The van der Waals surface area contributed by atoms with E-state index >= 15 is 0 Å². The van der Waals surface area contributed by atoms with E-state index in [4.69, 9.17) is 11.6 Å². The minimum atomic E-state index is -3.63. The third-order valence-corrected chi connectivity index (χ3v) is 5.18. The standard InChI is InChI=1S/C11H7ClO3S2/c12-9-1-3-10(4-2-9)17(14,15)11-7-16-6-8(11)5-13/h1-7H. The van der Waals surface area contributed by atoms with E-state index in [2.05, 4.69) is 0 Å². The van der Waals surface area contributed by atoms with E-state index in [0.717, 1.165) is 0 Å². The fourth-order valence-corrected chi connectivity index (χ4v) is 4.04. The van der Waals surface area contributed by atoms with Crippen molar-refractivity contribution in [3.05, 3.63) is 45.6 Å². The second-order valence-corrected chi connectivity index (χ2v) is 6.36. The molecule has 2 rings (SSSR count). The van der Waals surface area contributed by atoms with Crippen LogP contribution in [0, 0.1) is 0 Å². The second-order valence-electron chi connectivity index (χ2n) is 3.27. The summed E-state index contributed by atoms with van der Waals surface area (Å²) in [6.07, 6.45) is 0.541. The normalized spacial score (nSPS) is 11.4. The molecule has 3 nitrogen and oxygen atoms in total. The van der Waals surface area contributed by atoms with Crippen molar-refractivity contribution in [3.8, 4) is 0 Å². The molecule has 1 aromatic heterocycles. The molecule has 0 amide bonds. The van der Waals surface area contributed by atoms with Crippen molar-refractivity contribution < 1.29 is 13.2 Å². The number of sulfone groups is 1. The van der Waals surface area contributed by atoms with Gasteiger partial charge in [-0.15, -0.1) is 0 Å². The zero-order valence-corrected chi connectivity index (χ0v) is 10.8. The number of aldehydes is 1. The molecule has 0 saturated carbocycles. The van der Waals surface area contributed by atoms with Crippen molar-refractivity contribution in [1.29, 1.82) is 0 Å². The highest BCUT2D eigenvalue weighted by Gasteiger charge is 2.21. The van der Waals surface area contributed by atoms with E-state index in [1.54, 1.807) is 0 Å². The van der Waals surface area contributed by atoms with Gasteiger partial charge in [0.2, 0.25) is 9.84 Å². The van der Waals surface area contributed by atoms with Crippen LogP contribution >= 0.6 is 22.9 Å². The number of benzene rings is 1. The van der Waals surface area contributed by atoms with Gasteiger partial charge in [0.05, 0.1) is 9.79 Å². The molecule has 0 bridgehead atoms. The Morgan fingerprint density at radius 3 is 2.35 bits per heavy atom. The Bertz CT molecular complexity index is 642. The second kappa shape index (κ2) is 4.60. The van der Waals surface area contributed by atoms with Crippen LogP contribution in [0.5, 0.6) is 0 Å². The predicted octanol–water partition coefficient (Wildman–Crippen LogP) is 3.05. The average molecular weight is 287 g/mol. The minimum absolute atomic E-state index is 0.0415. The van der Waals surface area contributed by atoms with E-state index in [-0.39, 0.29) is 15.4 Å². The Labute approximate surface area is 108 Å². The monoisotopic (exact) mass is 286 g/mol. The maximum atomic E-state index is 12.2. The van der Waals surface area contributed by atoms with Crippen LogP contribution in [0.4, 0.5) is 0 Å². The number of hydrogen-bond acceptors (Lipinski definition) is 4. The zero-order valence-electron chi connectivity index (χ0n) is 8.46. The number of halogens is 1. The summed E-state index contributed by atoms with van der Waals surface area (Å²) < 4.78 is 24.4. The Morgan fingerprint density at radius 2 is 1.76 bits per heavy atom. The summed E-state index contributed by atoms with van der Waals surface area (Å²) >= 11 is 6.88. The molecule has 0 aliphatic heterocycles. The molecule has 0 aliphatic rings. The van der Waals surface area contributed by atoms with Gasteiger partial charge in [0.25, 0.3) is 0 Å². The first-order chi connectivity index (χ1) is 8.05. The van der Waals surface area contributed by atoms with E-state index in [1.807, 2.05) is 0 Å². The Kier molecular flexibility index (Phi) is 3.33. The Hall–Kier alpha value is -1.17. The van der Waals surface area contributed by atoms with Crippen molar-refractivity contribution in [2.24, 2.45) is 0 Å². The van der Waals surface area contributed by atoms with Crippen molar-refractivity contribution in [1.82, 2.24) is 0 Å².